The van der Waals surface area contributed by atoms with Crippen LogP contribution in [0.15, 0.2) is 0 Å². The first-order valence-electron chi connectivity index (χ1n) is 0.612. The molecule has 0 heterocycles. The summed E-state index contributed by atoms with van der Waals surface area (Å²) < 4.78 is 8.52. The molecule has 0 bridgehead atoms. The molecule has 0 aromatic heterocycles. The Kier molecular flexibility index (Phi) is 26.1. The summed E-state index contributed by atoms with van der Waals surface area (Å²) in [6.07, 6.45) is 0. The fraction of sp³-hybridized carbons (Fsp3) is 0. The minimum Gasteiger partial charge on any atom is -1.00 e. The summed E-state index contributed by atoms with van der Waals surface area (Å²) >= 11 is 0. The van der Waals surface area contributed by atoms with E-state index in [1.165, 1.54) is 0 Å². The second kappa shape index (κ2) is 9.99. The Morgan fingerprint density at radius 3 is 1.50 bits per heavy atom. The van der Waals surface area contributed by atoms with E-state index in [-0.39, 0.29) is 68.7 Å². The van der Waals surface area contributed by atoms with E-state index in [2.05, 4.69) is 0 Å². The summed E-state index contributed by atoms with van der Waals surface area (Å²) in [5, 5.41) is 0. The maximum atomic E-state index is 8.52. The van der Waals surface area contributed by atoms with Crippen LogP contribution < -0.4 is 39.1 Å². The molecular weight excluding hydrogens is 139 g/mol. The minimum atomic E-state index is -3.63. The zero-order valence-corrected chi connectivity index (χ0v) is 8.64. The molecule has 26 valence electrons. The molecule has 0 radical (unpaired) electrons. The SMILES string of the molecule is O=[Si]([O-])[O-].[Ca+2].[H-].[Na+]. The van der Waals surface area contributed by atoms with Crippen LogP contribution in [0.25, 0.3) is 0 Å². The van der Waals surface area contributed by atoms with Crippen LogP contribution in [-0.2, 0) is 4.46 Å². The van der Waals surface area contributed by atoms with E-state index in [1.807, 2.05) is 0 Å². The van der Waals surface area contributed by atoms with Crippen molar-refractivity contribution in [1.82, 2.24) is 0 Å². The standard InChI is InChI=1S/Ca.Na.O3Si.H/c;;1-4(2)3;/q+2;+1;-2;-1. The van der Waals surface area contributed by atoms with E-state index in [0.717, 1.165) is 0 Å². The molecule has 0 aliphatic rings. The molecule has 0 rings (SSSR count). The Hall–Kier alpha value is 1.88. The van der Waals surface area contributed by atoms with Crippen LogP contribution in [0.2, 0.25) is 0 Å². The van der Waals surface area contributed by atoms with Crippen molar-refractivity contribution in [2.45, 2.75) is 0 Å². The van der Waals surface area contributed by atoms with Crippen molar-refractivity contribution < 1.29 is 45.0 Å². The van der Waals surface area contributed by atoms with Gasteiger partial charge in [0.05, 0.1) is 0 Å². The van der Waals surface area contributed by atoms with Crippen LogP contribution in [0, 0.1) is 0 Å². The fourth-order valence-electron chi connectivity index (χ4n) is 0. The van der Waals surface area contributed by atoms with Gasteiger partial charge >= 0.3 is 67.3 Å². The molecule has 0 aromatic rings. The molecule has 0 N–H and O–H groups in total. The fourth-order valence-corrected chi connectivity index (χ4v) is 0. The summed E-state index contributed by atoms with van der Waals surface area (Å²) in [6, 6.07) is 0. The Morgan fingerprint density at radius 2 is 1.50 bits per heavy atom. The van der Waals surface area contributed by atoms with Gasteiger partial charge in [-0.2, -0.15) is 0 Å². The van der Waals surface area contributed by atoms with E-state index in [1.54, 1.807) is 0 Å². The molecule has 0 fully saturated rings. The maximum Gasteiger partial charge on any atom is 2.00 e. The molecular formula is HCaNaO3Si. The molecule has 0 aromatic carbocycles. The predicted octanol–water partition coefficient (Wildman–Crippen LogP) is -6.14. The minimum absolute atomic E-state index is 0. The Bertz CT molecular complexity index is 37.9. The van der Waals surface area contributed by atoms with Crippen molar-refractivity contribution in [3.63, 3.8) is 0 Å². The summed E-state index contributed by atoms with van der Waals surface area (Å²) in [5.74, 6) is 0. The third-order valence-corrected chi connectivity index (χ3v) is 0. The number of hydrogen-bond acceptors (Lipinski definition) is 3. The van der Waals surface area contributed by atoms with Crippen molar-refractivity contribution in [2.24, 2.45) is 0 Å². The average molecular weight is 140 g/mol. The normalized spacial score (nSPS) is 4.00. The van der Waals surface area contributed by atoms with Crippen molar-refractivity contribution in [1.29, 1.82) is 0 Å². The van der Waals surface area contributed by atoms with Gasteiger partial charge in [-0.25, -0.2) is 0 Å². The van der Waals surface area contributed by atoms with Gasteiger partial charge in [0.15, 0.2) is 0 Å². The monoisotopic (exact) mass is 140 g/mol. The summed E-state index contributed by atoms with van der Waals surface area (Å²) in [4.78, 5) is 17.0. The summed E-state index contributed by atoms with van der Waals surface area (Å²) in [7, 11) is -3.63. The number of rotatable bonds is 0. The molecule has 6 heteroatoms. The van der Waals surface area contributed by atoms with Crippen LogP contribution in [0.5, 0.6) is 0 Å². The van der Waals surface area contributed by atoms with Crippen LogP contribution >= 0.6 is 0 Å². The quantitative estimate of drug-likeness (QED) is 0.314. The van der Waals surface area contributed by atoms with Crippen molar-refractivity contribution in [3.8, 4) is 0 Å². The molecule has 0 aliphatic carbocycles. The van der Waals surface area contributed by atoms with Crippen molar-refractivity contribution >= 4 is 46.9 Å². The first kappa shape index (κ1) is 15.7. The van der Waals surface area contributed by atoms with Crippen LogP contribution in [0.4, 0.5) is 0 Å². The second-order valence-electron chi connectivity index (χ2n) is 0.250. The van der Waals surface area contributed by atoms with Gasteiger partial charge in [-0.15, -0.1) is 0 Å². The van der Waals surface area contributed by atoms with Gasteiger partial charge in [0.25, 0.3) is 0 Å². The van der Waals surface area contributed by atoms with Crippen LogP contribution in [0.1, 0.15) is 1.43 Å². The molecule has 0 saturated carbocycles. The zero-order chi connectivity index (χ0) is 3.58. The van der Waals surface area contributed by atoms with E-state index in [9.17, 15) is 0 Å². The Balaban J connectivity index is -0.0000000150. The van der Waals surface area contributed by atoms with Gasteiger partial charge in [-0.1, -0.05) is 0 Å². The van der Waals surface area contributed by atoms with Crippen molar-refractivity contribution in [2.75, 3.05) is 0 Å². The van der Waals surface area contributed by atoms with Crippen molar-refractivity contribution in [3.05, 3.63) is 0 Å². The van der Waals surface area contributed by atoms with Gasteiger partial charge in [0.2, 0.25) is 0 Å². The van der Waals surface area contributed by atoms with E-state index in [0.29, 0.717) is 0 Å². The summed E-state index contributed by atoms with van der Waals surface area (Å²) in [6.45, 7) is 0. The van der Waals surface area contributed by atoms with E-state index < -0.39 is 9.17 Å². The smallest absolute Gasteiger partial charge is 1.00 e. The number of hydrogen-bond donors (Lipinski definition) is 0. The van der Waals surface area contributed by atoms with Gasteiger partial charge < -0.3 is 15.5 Å². The molecule has 0 unspecified atom stereocenters. The maximum absolute atomic E-state index is 8.52. The van der Waals surface area contributed by atoms with Crippen LogP contribution in [0.3, 0.4) is 0 Å². The molecule has 6 heavy (non-hydrogen) atoms. The Morgan fingerprint density at radius 1 is 1.50 bits per heavy atom. The van der Waals surface area contributed by atoms with Gasteiger partial charge in [0, 0.05) is 9.17 Å². The first-order valence-corrected chi connectivity index (χ1v) is 1.84. The average Bonchev–Trinajstić information content (AvgIpc) is 0.811. The van der Waals surface area contributed by atoms with Crippen LogP contribution in [-0.4, -0.2) is 46.9 Å². The molecule has 3 nitrogen and oxygen atoms in total. The van der Waals surface area contributed by atoms with E-state index >= 15 is 0 Å². The third kappa shape index (κ3) is 39.7. The van der Waals surface area contributed by atoms with Gasteiger partial charge in [0.1, 0.15) is 0 Å². The molecule has 0 saturated heterocycles. The van der Waals surface area contributed by atoms with Gasteiger partial charge in [-0.3, -0.25) is 0 Å². The first-order chi connectivity index (χ1) is 1.73. The molecule has 0 spiro atoms. The second-order valence-corrected chi connectivity index (χ2v) is 0.750. The topological polar surface area (TPSA) is 63.2 Å². The molecule has 0 amide bonds. The Labute approximate surface area is 90.4 Å². The third-order valence-electron chi connectivity index (χ3n) is 0. The van der Waals surface area contributed by atoms with Gasteiger partial charge in [-0.05, 0) is 0 Å². The zero-order valence-electron chi connectivity index (χ0n) is 4.43. The summed E-state index contributed by atoms with van der Waals surface area (Å²) in [5.41, 5.74) is 0. The molecule has 0 atom stereocenters. The largest absolute Gasteiger partial charge is 2.00 e. The van der Waals surface area contributed by atoms with E-state index in [4.69, 9.17) is 14.1 Å². The molecule has 0 aliphatic heterocycles. The predicted molar refractivity (Wildman–Crippen MR) is 13.3 cm³/mol.